The molecule has 0 unspecified atom stereocenters. The Morgan fingerprint density at radius 1 is 1.22 bits per heavy atom. The van der Waals surface area contributed by atoms with Crippen molar-refractivity contribution in [3.63, 3.8) is 0 Å². The third-order valence-electron chi connectivity index (χ3n) is 4.54. The van der Waals surface area contributed by atoms with E-state index < -0.39 is 0 Å². The fraction of sp³-hybridized carbons (Fsp3) is 0.316. The van der Waals surface area contributed by atoms with Crippen molar-refractivity contribution in [1.29, 1.82) is 0 Å². The van der Waals surface area contributed by atoms with Gasteiger partial charge in [0.05, 0.1) is 6.04 Å². The summed E-state index contributed by atoms with van der Waals surface area (Å²) in [7, 11) is 0. The van der Waals surface area contributed by atoms with E-state index in [1.54, 1.807) is 6.07 Å². The minimum absolute atomic E-state index is 0.00903. The van der Waals surface area contributed by atoms with E-state index in [1.165, 1.54) is 11.1 Å². The number of benzene rings is 2. The highest BCUT2D eigenvalue weighted by molar-refractivity contribution is 6.31. The van der Waals surface area contributed by atoms with Crippen LogP contribution in [0.15, 0.2) is 42.5 Å². The first-order valence-corrected chi connectivity index (χ1v) is 8.30. The lowest BCUT2D eigenvalue weighted by molar-refractivity contribution is -0.121. The predicted octanol–water partition coefficient (Wildman–Crippen LogP) is 4.03. The normalized spacial score (nSPS) is 15.8. The van der Waals surface area contributed by atoms with Crippen LogP contribution in [0, 0.1) is 6.92 Å². The first kappa shape index (κ1) is 16.0. The zero-order valence-electron chi connectivity index (χ0n) is 13.5. The van der Waals surface area contributed by atoms with Crippen LogP contribution >= 0.6 is 11.6 Å². The van der Waals surface area contributed by atoms with Crippen molar-refractivity contribution in [2.45, 2.75) is 32.9 Å². The van der Waals surface area contributed by atoms with Crippen LogP contribution in [-0.4, -0.2) is 23.4 Å². The van der Waals surface area contributed by atoms with Crippen LogP contribution in [0.5, 0.6) is 0 Å². The van der Waals surface area contributed by atoms with Crippen molar-refractivity contribution in [3.8, 4) is 0 Å². The number of anilines is 1. The molecule has 3 nitrogen and oxygen atoms in total. The van der Waals surface area contributed by atoms with Crippen LogP contribution in [-0.2, 0) is 17.8 Å². The van der Waals surface area contributed by atoms with Gasteiger partial charge in [0.15, 0.2) is 0 Å². The van der Waals surface area contributed by atoms with Gasteiger partial charge in [0.25, 0.3) is 0 Å². The van der Waals surface area contributed by atoms with E-state index in [-0.39, 0.29) is 11.9 Å². The number of amides is 1. The lowest BCUT2D eigenvalue weighted by Gasteiger charge is -2.33. The van der Waals surface area contributed by atoms with Crippen molar-refractivity contribution in [2.24, 2.45) is 0 Å². The number of hydrogen-bond donors (Lipinski definition) is 1. The Bertz CT molecular complexity index is 729. The topological polar surface area (TPSA) is 32.3 Å². The maximum absolute atomic E-state index is 12.6. The van der Waals surface area contributed by atoms with Gasteiger partial charge in [-0.15, -0.1) is 0 Å². The van der Waals surface area contributed by atoms with Gasteiger partial charge in [-0.25, -0.2) is 0 Å². The van der Waals surface area contributed by atoms with E-state index in [9.17, 15) is 4.79 Å². The first-order valence-electron chi connectivity index (χ1n) is 7.92. The molecule has 1 aliphatic rings. The van der Waals surface area contributed by atoms with Gasteiger partial charge in [-0.3, -0.25) is 9.69 Å². The largest absolute Gasteiger partial charge is 0.324 e. The van der Waals surface area contributed by atoms with Crippen LogP contribution in [0.3, 0.4) is 0 Å². The summed E-state index contributed by atoms with van der Waals surface area (Å²) in [4.78, 5) is 14.8. The molecule has 0 spiro atoms. The number of aryl methyl sites for hydroxylation is 1. The number of hydrogen-bond acceptors (Lipinski definition) is 2. The Morgan fingerprint density at radius 3 is 2.74 bits per heavy atom. The smallest absolute Gasteiger partial charge is 0.241 e. The number of halogens is 1. The van der Waals surface area contributed by atoms with Crippen LogP contribution in [0.4, 0.5) is 5.69 Å². The van der Waals surface area contributed by atoms with Crippen molar-refractivity contribution >= 4 is 23.2 Å². The van der Waals surface area contributed by atoms with Crippen molar-refractivity contribution in [3.05, 3.63) is 64.2 Å². The summed E-state index contributed by atoms with van der Waals surface area (Å²) < 4.78 is 0. The van der Waals surface area contributed by atoms with Crippen LogP contribution in [0.1, 0.15) is 23.6 Å². The molecule has 120 valence electrons. The Kier molecular flexibility index (Phi) is 4.69. The van der Waals surface area contributed by atoms with E-state index in [1.807, 2.05) is 26.0 Å². The van der Waals surface area contributed by atoms with Crippen molar-refractivity contribution in [2.75, 3.05) is 11.9 Å². The maximum atomic E-state index is 12.6. The van der Waals surface area contributed by atoms with Crippen LogP contribution in [0.25, 0.3) is 0 Å². The van der Waals surface area contributed by atoms with Gasteiger partial charge < -0.3 is 5.32 Å². The van der Waals surface area contributed by atoms with Crippen LogP contribution < -0.4 is 5.32 Å². The number of carbonyl (C=O) groups is 1. The Hall–Kier alpha value is -1.84. The monoisotopic (exact) mass is 328 g/mol. The third-order valence-corrected chi connectivity index (χ3v) is 4.78. The Morgan fingerprint density at radius 2 is 1.96 bits per heavy atom. The fourth-order valence-electron chi connectivity index (χ4n) is 2.98. The molecule has 3 rings (SSSR count). The maximum Gasteiger partial charge on any atom is 0.241 e. The molecule has 23 heavy (non-hydrogen) atoms. The summed E-state index contributed by atoms with van der Waals surface area (Å²) in [6.07, 6.45) is 0.990. The molecule has 1 heterocycles. The van der Waals surface area contributed by atoms with Gasteiger partial charge >= 0.3 is 0 Å². The molecule has 4 heteroatoms. The molecule has 0 bridgehead atoms. The van der Waals surface area contributed by atoms with Crippen molar-refractivity contribution < 1.29 is 4.79 Å². The second-order valence-corrected chi connectivity index (χ2v) is 6.55. The molecule has 2 aromatic rings. The predicted molar refractivity (Wildman–Crippen MR) is 94.8 cm³/mol. The SMILES string of the molecule is Cc1ccc(Cl)cc1NC(=O)[C@@H](C)N1CCc2ccccc2C1. The van der Waals surface area contributed by atoms with Gasteiger partial charge in [-0.2, -0.15) is 0 Å². The first-order chi connectivity index (χ1) is 11.0. The average Bonchev–Trinajstić information content (AvgIpc) is 2.57. The molecular weight excluding hydrogens is 308 g/mol. The van der Waals surface area contributed by atoms with E-state index in [4.69, 9.17) is 11.6 Å². The van der Waals surface area contributed by atoms with Gasteiger partial charge in [0, 0.05) is 23.8 Å². The zero-order valence-corrected chi connectivity index (χ0v) is 14.2. The minimum atomic E-state index is -0.179. The summed E-state index contributed by atoms with van der Waals surface area (Å²) in [5, 5.41) is 3.64. The number of nitrogens with one attached hydrogen (secondary N) is 1. The number of fused-ring (bicyclic) bond motifs is 1. The molecule has 0 fully saturated rings. The molecule has 0 saturated heterocycles. The lowest BCUT2D eigenvalue weighted by Crippen LogP contribution is -2.44. The summed E-state index contributed by atoms with van der Waals surface area (Å²) >= 11 is 6.02. The summed E-state index contributed by atoms with van der Waals surface area (Å²) in [5.74, 6) is 0.00903. The van der Waals surface area contributed by atoms with Gasteiger partial charge in [0.2, 0.25) is 5.91 Å². The van der Waals surface area contributed by atoms with E-state index in [0.717, 1.165) is 30.8 Å². The molecular formula is C19H21ClN2O. The second kappa shape index (κ2) is 6.73. The minimum Gasteiger partial charge on any atom is -0.324 e. The number of rotatable bonds is 3. The number of nitrogens with zero attached hydrogens (tertiary/aromatic N) is 1. The van der Waals surface area contributed by atoms with E-state index >= 15 is 0 Å². The van der Waals surface area contributed by atoms with Gasteiger partial charge in [-0.1, -0.05) is 41.9 Å². The highest BCUT2D eigenvalue weighted by atomic mass is 35.5. The molecule has 1 N–H and O–H groups in total. The molecule has 1 amide bonds. The lowest BCUT2D eigenvalue weighted by atomic mass is 9.98. The molecule has 2 aromatic carbocycles. The standard InChI is InChI=1S/C19H21ClN2O/c1-13-7-8-17(20)11-18(13)21-19(23)14(2)22-10-9-15-5-3-4-6-16(15)12-22/h3-8,11,14H,9-10,12H2,1-2H3,(H,21,23)/t14-/m1/s1. The summed E-state index contributed by atoms with van der Waals surface area (Å²) in [6.45, 7) is 5.65. The highest BCUT2D eigenvalue weighted by Gasteiger charge is 2.25. The van der Waals surface area contributed by atoms with Crippen molar-refractivity contribution in [1.82, 2.24) is 4.90 Å². The molecule has 0 aromatic heterocycles. The van der Waals surface area contributed by atoms with Gasteiger partial charge in [-0.05, 0) is 49.1 Å². The van der Waals surface area contributed by atoms with E-state index in [2.05, 4.69) is 34.5 Å². The highest BCUT2D eigenvalue weighted by Crippen LogP contribution is 2.23. The third kappa shape index (κ3) is 3.57. The molecule has 0 saturated carbocycles. The molecule has 1 atom stereocenters. The fourth-order valence-corrected chi connectivity index (χ4v) is 3.15. The quantitative estimate of drug-likeness (QED) is 0.922. The van der Waals surface area contributed by atoms with Crippen LogP contribution in [0.2, 0.25) is 5.02 Å². The second-order valence-electron chi connectivity index (χ2n) is 6.11. The number of carbonyl (C=O) groups excluding carboxylic acids is 1. The molecule has 0 aliphatic carbocycles. The summed E-state index contributed by atoms with van der Waals surface area (Å²) in [5.41, 5.74) is 4.50. The Labute approximate surface area is 142 Å². The average molecular weight is 329 g/mol. The molecule has 1 aliphatic heterocycles. The van der Waals surface area contributed by atoms with E-state index in [0.29, 0.717) is 5.02 Å². The molecule has 0 radical (unpaired) electrons. The zero-order chi connectivity index (χ0) is 16.4. The van der Waals surface area contributed by atoms with Gasteiger partial charge in [0.1, 0.15) is 0 Å². The Balaban J connectivity index is 1.70. The summed E-state index contributed by atoms with van der Waals surface area (Å²) in [6, 6.07) is 13.8.